The number of fused-ring (bicyclic) bond motifs is 4. The van der Waals surface area contributed by atoms with Crippen molar-refractivity contribution in [3.8, 4) is 0 Å². The molecule has 1 aromatic carbocycles. The highest BCUT2D eigenvalue weighted by atomic mass is 19.4. The van der Waals surface area contributed by atoms with Crippen molar-refractivity contribution < 1.29 is 22.4 Å². The van der Waals surface area contributed by atoms with Gasteiger partial charge in [0.2, 0.25) is 0 Å². The summed E-state index contributed by atoms with van der Waals surface area (Å²) in [4.78, 5) is 21.2. The zero-order valence-corrected chi connectivity index (χ0v) is 14.6. The number of nitrogens with zero attached hydrogens (tertiary/aromatic N) is 2. The van der Waals surface area contributed by atoms with Crippen LogP contribution < -0.4 is 5.32 Å². The maximum absolute atomic E-state index is 13.4. The molecule has 2 aromatic rings. The van der Waals surface area contributed by atoms with Crippen molar-refractivity contribution in [2.75, 3.05) is 0 Å². The van der Waals surface area contributed by atoms with Crippen molar-refractivity contribution in [2.24, 2.45) is 4.99 Å². The van der Waals surface area contributed by atoms with Crippen LogP contribution in [-0.2, 0) is 22.8 Å². The highest BCUT2D eigenvalue weighted by Crippen LogP contribution is 2.48. The number of amides is 1. The third-order valence-corrected chi connectivity index (χ3v) is 5.70. The van der Waals surface area contributed by atoms with Gasteiger partial charge in [-0.2, -0.15) is 18.2 Å². The Morgan fingerprint density at radius 1 is 1.14 bits per heavy atom. The SMILES string of the molecule is O=C1N=C(N[C@@H]2C[C@@H]2F)c2ccc(C(F)(F)F)nc2[C@@]12CCc1ccccc12. The van der Waals surface area contributed by atoms with Crippen LogP contribution in [0.2, 0.25) is 0 Å². The fourth-order valence-electron chi connectivity index (χ4n) is 4.17. The average Bonchev–Trinajstić information content (AvgIpc) is 3.21. The van der Waals surface area contributed by atoms with Gasteiger partial charge in [-0.15, -0.1) is 0 Å². The van der Waals surface area contributed by atoms with Crippen molar-refractivity contribution in [1.82, 2.24) is 10.3 Å². The third-order valence-electron chi connectivity index (χ3n) is 5.70. The average molecular weight is 389 g/mol. The van der Waals surface area contributed by atoms with Crippen molar-refractivity contribution in [3.05, 3.63) is 64.5 Å². The van der Waals surface area contributed by atoms with Gasteiger partial charge in [-0.05, 0) is 36.1 Å². The summed E-state index contributed by atoms with van der Waals surface area (Å²) in [6.07, 6.45) is -4.55. The summed E-state index contributed by atoms with van der Waals surface area (Å²) < 4.78 is 53.4. The minimum Gasteiger partial charge on any atom is -0.364 e. The number of rotatable bonds is 1. The number of aliphatic imine (C=N–C) groups is 1. The van der Waals surface area contributed by atoms with Crippen molar-refractivity contribution in [2.45, 2.75) is 43.1 Å². The lowest BCUT2D eigenvalue weighted by Gasteiger charge is -2.33. The molecule has 0 unspecified atom stereocenters. The molecule has 1 fully saturated rings. The van der Waals surface area contributed by atoms with Crippen LogP contribution >= 0.6 is 0 Å². The van der Waals surface area contributed by atoms with Crippen molar-refractivity contribution in [1.29, 1.82) is 0 Å². The van der Waals surface area contributed by atoms with Crippen LogP contribution in [0.3, 0.4) is 0 Å². The molecule has 3 aliphatic rings. The first-order valence-electron chi connectivity index (χ1n) is 9.02. The van der Waals surface area contributed by atoms with Gasteiger partial charge in [-0.3, -0.25) is 4.79 Å². The van der Waals surface area contributed by atoms with E-state index in [0.717, 1.165) is 11.6 Å². The Labute approximate surface area is 157 Å². The molecule has 28 heavy (non-hydrogen) atoms. The number of nitrogens with one attached hydrogen (secondary N) is 1. The zero-order chi connectivity index (χ0) is 19.7. The molecular formula is C20H15F4N3O. The fraction of sp³-hybridized carbons (Fsp3) is 0.350. The molecule has 1 spiro atoms. The standard InChI is InChI=1S/C20H15F4N3O/c21-13-9-14(13)25-17-11-5-6-15(20(22,23)24)26-16(11)19(18(28)27-17)8-7-10-3-1-2-4-12(10)19/h1-6,13-14H,7-9H2,(H,25,27,28)/t13-,14+,19-/m0/s1. The van der Waals surface area contributed by atoms with Crippen molar-refractivity contribution >= 4 is 11.7 Å². The smallest absolute Gasteiger partial charge is 0.364 e. The van der Waals surface area contributed by atoms with Gasteiger partial charge in [-0.25, -0.2) is 9.37 Å². The minimum absolute atomic E-state index is 0.0471. The summed E-state index contributed by atoms with van der Waals surface area (Å²) in [5.74, 6) is -0.461. The highest BCUT2D eigenvalue weighted by molar-refractivity contribution is 6.14. The molecule has 144 valence electrons. The third kappa shape index (κ3) is 2.40. The van der Waals surface area contributed by atoms with Crippen LogP contribution in [0.1, 0.15) is 40.9 Å². The Bertz CT molecular complexity index is 1030. The number of halogens is 4. The molecule has 5 rings (SSSR count). The Hall–Kier alpha value is -2.77. The summed E-state index contributed by atoms with van der Waals surface area (Å²) in [6.45, 7) is 0. The van der Waals surface area contributed by atoms with Crippen LogP contribution in [0, 0.1) is 0 Å². The Kier molecular flexibility index (Phi) is 3.48. The molecule has 4 nitrogen and oxygen atoms in total. The summed E-state index contributed by atoms with van der Waals surface area (Å²) in [6, 6.07) is 8.87. The lowest BCUT2D eigenvalue weighted by Crippen LogP contribution is -2.44. The monoisotopic (exact) mass is 389 g/mol. The van der Waals surface area contributed by atoms with E-state index in [1.54, 1.807) is 12.1 Å². The maximum atomic E-state index is 13.4. The van der Waals surface area contributed by atoms with Gasteiger partial charge in [0, 0.05) is 12.0 Å². The van der Waals surface area contributed by atoms with Crippen LogP contribution in [-0.4, -0.2) is 28.9 Å². The first-order chi connectivity index (χ1) is 13.3. The van der Waals surface area contributed by atoms with Crippen LogP contribution in [0.15, 0.2) is 41.4 Å². The minimum atomic E-state index is -4.64. The number of pyridine rings is 1. The summed E-state index contributed by atoms with van der Waals surface area (Å²) in [5, 5.41) is 2.85. The van der Waals surface area contributed by atoms with E-state index in [-0.39, 0.29) is 18.0 Å². The van der Waals surface area contributed by atoms with Gasteiger partial charge in [0.25, 0.3) is 5.91 Å². The van der Waals surface area contributed by atoms with Crippen LogP contribution in [0.25, 0.3) is 0 Å². The Morgan fingerprint density at radius 2 is 1.89 bits per heavy atom. The number of hydrogen-bond donors (Lipinski definition) is 1. The van der Waals surface area contributed by atoms with E-state index < -0.39 is 35.4 Å². The quantitative estimate of drug-likeness (QED) is 0.762. The van der Waals surface area contributed by atoms with E-state index in [0.29, 0.717) is 24.0 Å². The lowest BCUT2D eigenvalue weighted by molar-refractivity contribution is -0.141. The molecule has 1 aromatic heterocycles. The fourth-order valence-corrected chi connectivity index (χ4v) is 4.17. The molecule has 0 radical (unpaired) electrons. The number of hydrogen-bond acceptors (Lipinski definition) is 3. The van der Waals surface area contributed by atoms with E-state index in [1.165, 1.54) is 6.07 Å². The molecule has 3 atom stereocenters. The second-order valence-electron chi connectivity index (χ2n) is 7.42. The molecule has 1 saturated carbocycles. The molecule has 0 saturated heterocycles. The normalized spacial score (nSPS) is 28.0. The van der Waals surface area contributed by atoms with Gasteiger partial charge in [-0.1, -0.05) is 24.3 Å². The Morgan fingerprint density at radius 3 is 2.61 bits per heavy atom. The number of aryl methyl sites for hydroxylation is 1. The molecule has 1 N–H and O–H groups in total. The second kappa shape index (κ2) is 5.62. The Balaban J connectivity index is 1.72. The zero-order valence-electron chi connectivity index (χ0n) is 14.6. The summed E-state index contributed by atoms with van der Waals surface area (Å²) in [5.41, 5.74) is -0.478. The highest BCUT2D eigenvalue weighted by Gasteiger charge is 2.53. The number of alkyl halides is 4. The largest absolute Gasteiger partial charge is 0.433 e. The van der Waals surface area contributed by atoms with Gasteiger partial charge in [0.1, 0.15) is 23.1 Å². The van der Waals surface area contributed by atoms with Gasteiger partial charge in [0.05, 0.1) is 11.7 Å². The predicted octanol–water partition coefficient (Wildman–Crippen LogP) is 3.32. The van der Waals surface area contributed by atoms with E-state index in [1.807, 2.05) is 12.1 Å². The summed E-state index contributed by atoms with van der Waals surface area (Å²) >= 11 is 0. The molecule has 8 heteroatoms. The first-order valence-corrected chi connectivity index (χ1v) is 9.02. The van der Waals surface area contributed by atoms with Gasteiger partial charge < -0.3 is 5.32 Å². The van der Waals surface area contributed by atoms with E-state index in [2.05, 4.69) is 15.3 Å². The van der Waals surface area contributed by atoms with Crippen LogP contribution in [0.4, 0.5) is 17.6 Å². The number of amidine groups is 1. The predicted molar refractivity (Wildman–Crippen MR) is 92.8 cm³/mol. The molecule has 2 heterocycles. The van der Waals surface area contributed by atoms with E-state index in [9.17, 15) is 22.4 Å². The molecular weight excluding hydrogens is 374 g/mol. The van der Waals surface area contributed by atoms with Gasteiger partial charge >= 0.3 is 6.18 Å². The number of carbonyl (C=O) groups excluding carboxylic acids is 1. The molecule has 1 amide bonds. The molecule has 1 aliphatic heterocycles. The molecule has 2 aliphatic carbocycles. The number of benzene rings is 1. The van der Waals surface area contributed by atoms with E-state index >= 15 is 0 Å². The topological polar surface area (TPSA) is 54.4 Å². The van der Waals surface area contributed by atoms with Crippen molar-refractivity contribution in [3.63, 3.8) is 0 Å². The van der Waals surface area contributed by atoms with Gasteiger partial charge in [0.15, 0.2) is 0 Å². The molecule has 0 bridgehead atoms. The van der Waals surface area contributed by atoms with E-state index in [4.69, 9.17) is 0 Å². The summed E-state index contributed by atoms with van der Waals surface area (Å²) in [7, 11) is 0. The van der Waals surface area contributed by atoms with Crippen LogP contribution in [0.5, 0.6) is 0 Å². The number of aromatic nitrogens is 1. The lowest BCUT2D eigenvalue weighted by atomic mass is 9.74. The maximum Gasteiger partial charge on any atom is 0.433 e. The number of carbonyl (C=O) groups is 1. The second-order valence-corrected chi connectivity index (χ2v) is 7.42. The first kappa shape index (κ1) is 17.3.